The molecule has 7 nitrogen and oxygen atoms in total. The van der Waals surface area contributed by atoms with Gasteiger partial charge in [-0.3, -0.25) is 4.79 Å². The normalized spacial score (nSPS) is 12.8. The fourth-order valence-electron chi connectivity index (χ4n) is 3.49. The van der Waals surface area contributed by atoms with Crippen LogP contribution in [0.5, 0.6) is 11.5 Å². The van der Waals surface area contributed by atoms with Crippen molar-refractivity contribution in [1.82, 2.24) is 9.88 Å². The molecule has 0 bridgehead atoms. The molecule has 0 aliphatic carbocycles. The van der Waals surface area contributed by atoms with E-state index in [4.69, 9.17) is 33.3 Å². The third kappa shape index (κ3) is 5.32. The van der Waals surface area contributed by atoms with Gasteiger partial charge in [0.05, 0.1) is 39.2 Å². The number of ether oxygens (including phenoxy) is 2. The SMILES string of the molecule is C[NH+](C)CCN(Cc1cc2cc3c(cc2[nH]c1=O)OCCO3)C(=S)Nc1cccc(Cl)c1. The minimum atomic E-state index is -0.151. The second-order valence-electron chi connectivity index (χ2n) is 8.03. The van der Waals surface area contributed by atoms with Crippen molar-refractivity contribution in [2.45, 2.75) is 6.54 Å². The monoisotopic (exact) mass is 473 g/mol. The molecule has 2 heterocycles. The van der Waals surface area contributed by atoms with Crippen LogP contribution in [0.15, 0.2) is 47.3 Å². The van der Waals surface area contributed by atoms with Crippen LogP contribution in [0.25, 0.3) is 10.9 Å². The maximum Gasteiger partial charge on any atom is 0.253 e. The summed E-state index contributed by atoms with van der Waals surface area (Å²) in [6, 6.07) is 13.0. The summed E-state index contributed by atoms with van der Waals surface area (Å²) in [7, 11) is 4.17. The molecule has 0 unspecified atom stereocenters. The Labute approximate surface area is 196 Å². The van der Waals surface area contributed by atoms with Crippen LogP contribution >= 0.6 is 23.8 Å². The number of rotatable bonds is 6. The third-order valence-electron chi connectivity index (χ3n) is 5.19. The van der Waals surface area contributed by atoms with Crippen molar-refractivity contribution < 1.29 is 14.4 Å². The summed E-state index contributed by atoms with van der Waals surface area (Å²) < 4.78 is 11.3. The summed E-state index contributed by atoms with van der Waals surface area (Å²) in [6.07, 6.45) is 0. The van der Waals surface area contributed by atoms with E-state index < -0.39 is 0 Å². The average Bonchev–Trinajstić information content (AvgIpc) is 2.75. The second-order valence-corrected chi connectivity index (χ2v) is 8.85. The van der Waals surface area contributed by atoms with Crippen LogP contribution in [0, 0.1) is 0 Å². The van der Waals surface area contributed by atoms with Gasteiger partial charge in [-0.2, -0.15) is 0 Å². The molecule has 0 radical (unpaired) electrons. The average molecular weight is 474 g/mol. The number of quaternary nitrogens is 1. The number of fused-ring (bicyclic) bond motifs is 2. The first-order valence-electron chi connectivity index (χ1n) is 10.4. The zero-order valence-corrected chi connectivity index (χ0v) is 19.6. The minimum absolute atomic E-state index is 0.151. The van der Waals surface area contributed by atoms with E-state index in [0.717, 1.165) is 17.6 Å². The first-order valence-corrected chi connectivity index (χ1v) is 11.2. The molecule has 0 saturated carbocycles. The molecule has 0 spiro atoms. The van der Waals surface area contributed by atoms with E-state index in [2.05, 4.69) is 24.4 Å². The molecule has 3 aromatic rings. The second kappa shape index (κ2) is 9.77. The maximum absolute atomic E-state index is 12.9. The fourth-order valence-corrected chi connectivity index (χ4v) is 3.95. The number of aromatic amines is 1. The van der Waals surface area contributed by atoms with Gasteiger partial charge >= 0.3 is 0 Å². The van der Waals surface area contributed by atoms with Crippen LogP contribution in [0.2, 0.25) is 5.02 Å². The van der Waals surface area contributed by atoms with E-state index in [-0.39, 0.29) is 5.56 Å². The van der Waals surface area contributed by atoms with Gasteiger partial charge in [-0.25, -0.2) is 0 Å². The molecule has 0 fully saturated rings. The summed E-state index contributed by atoms with van der Waals surface area (Å²) in [4.78, 5) is 19.1. The molecule has 168 valence electrons. The Bertz CT molecular complexity index is 1200. The first kappa shape index (κ1) is 22.4. The summed E-state index contributed by atoms with van der Waals surface area (Å²) in [5.41, 5.74) is 1.99. The van der Waals surface area contributed by atoms with E-state index >= 15 is 0 Å². The molecule has 3 N–H and O–H groups in total. The summed E-state index contributed by atoms with van der Waals surface area (Å²) in [5, 5.41) is 5.29. The Morgan fingerprint density at radius 2 is 1.94 bits per heavy atom. The predicted molar refractivity (Wildman–Crippen MR) is 131 cm³/mol. The zero-order chi connectivity index (χ0) is 22.7. The number of nitrogens with zero attached hydrogens (tertiary/aromatic N) is 1. The van der Waals surface area contributed by atoms with Crippen molar-refractivity contribution in [3.63, 3.8) is 0 Å². The Kier molecular flexibility index (Phi) is 6.83. The highest BCUT2D eigenvalue weighted by Gasteiger charge is 2.17. The number of pyridine rings is 1. The van der Waals surface area contributed by atoms with Crippen molar-refractivity contribution in [1.29, 1.82) is 0 Å². The smallest absolute Gasteiger partial charge is 0.253 e. The highest BCUT2D eigenvalue weighted by atomic mass is 35.5. The van der Waals surface area contributed by atoms with E-state index in [0.29, 0.717) is 59.0 Å². The molecule has 0 atom stereocenters. The predicted octanol–water partition coefficient (Wildman–Crippen LogP) is 2.30. The lowest BCUT2D eigenvalue weighted by Crippen LogP contribution is -3.06. The van der Waals surface area contributed by atoms with E-state index in [9.17, 15) is 4.79 Å². The van der Waals surface area contributed by atoms with Gasteiger partial charge < -0.3 is 29.6 Å². The highest BCUT2D eigenvalue weighted by molar-refractivity contribution is 7.80. The van der Waals surface area contributed by atoms with Crippen molar-refractivity contribution in [3.8, 4) is 11.5 Å². The summed E-state index contributed by atoms with van der Waals surface area (Å²) in [6.45, 7) is 2.94. The largest absolute Gasteiger partial charge is 0.486 e. The summed E-state index contributed by atoms with van der Waals surface area (Å²) in [5.74, 6) is 1.34. The molecular formula is C23H26ClN4O3S+. The zero-order valence-electron chi connectivity index (χ0n) is 18.0. The number of hydrogen-bond acceptors (Lipinski definition) is 4. The Morgan fingerprint density at radius 1 is 1.19 bits per heavy atom. The van der Waals surface area contributed by atoms with Crippen LogP contribution in [0.4, 0.5) is 5.69 Å². The van der Waals surface area contributed by atoms with Gasteiger partial charge in [0.1, 0.15) is 13.2 Å². The van der Waals surface area contributed by atoms with Gasteiger partial charge in [0.25, 0.3) is 5.56 Å². The molecular weight excluding hydrogens is 448 g/mol. The molecule has 9 heteroatoms. The quantitative estimate of drug-likeness (QED) is 0.477. The molecule has 0 saturated heterocycles. The minimum Gasteiger partial charge on any atom is -0.486 e. The van der Waals surface area contributed by atoms with Crippen LogP contribution in [0.3, 0.4) is 0 Å². The number of halogens is 1. The number of thiocarbonyl (C=S) groups is 1. The number of likely N-dealkylation sites (N-methyl/N-ethyl adjacent to an activating group) is 1. The van der Waals surface area contributed by atoms with Crippen molar-refractivity contribution in [2.24, 2.45) is 0 Å². The first-order chi connectivity index (χ1) is 15.4. The Balaban J connectivity index is 1.60. The van der Waals surface area contributed by atoms with Crippen molar-refractivity contribution in [2.75, 3.05) is 45.7 Å². The highest BCUT2D eigenvalue weighted by Crippen LogP contribution is 2.33. The molecule has 1 aromatic heterocycles. The van der Waals surface area contributed by atoms with Crippen LogP contribution < -0.4 is 25.2 Å². The van der Waals surface area contributed by atoms with Gasteiger partial charge in [0, 0.05) is 27.7 Å². The molecule has 0 amide bonds. The summed E-state index contributed by atoms with van der Waals surface area (Å²) >= 11 is 11.8. The lowest BCUT2D eigenvalue weighted by atomic mass is 10.1. The Hall–Kier alpha value is -2.81. The lowest BCUT2D eigenvalue weighted by Gasteiger charge is -2.26. The van der Waals surface area contributed by atoms with Crippen molar-refractivity contribution in [3.05, 3.63) is 63.4 Å². The number of benzene rings is 2. The van der Waals surface area contributed by atoms with E-state index in [1.807, 2.05) is 47.4 Å². The number of aromatic nitrogens is 1. The molecule has 2 aromatic carbocycles. The van der Waals surface area contributed by atoms with Gasteiger partial charge in [0.2, 0.25) is 0 Å². The molecule has 32 heavy (non-hydrogen) atoms. The number of H-pyrrole nitrogens is 1. The van der Waals surface area contributed by atoms with Crippen LogP contribution in [-0.4, -0.2) is 55.4 Å². The number of nitrogens with one attached hydrogen (secondary N) is 3. The number of anilines is 1. The molecule has 4 rings (SSSR count). The topological polar surface area (TPSA) is 71.0 Å². The Morgan fingerprint density at radius 3 is 2.66 bits per heavy atom. The molecule has 1 aliphatic rings. The third-order valence-corrected chi connectivity index (χ3v) is 5.79. The van der Waals surface area contributed by atoms with Crippen LogP contribution in [-0.2, 0) is 6.54 Å². The van der Waals surface area contributed by atoms with Crippen molar-refractivity contribution >= 4 is 45.5 Å². The van der Waals surface area contributed by atoms with E-state index in [1.165, 1.54) is 4.90 Å². The van der Waals surface area contributed by atoms with E-state index in [1.54, 1.807) is 0 Å². The lowest BCUT2D eigenvalue weighted by molar-refractivity contribution is -0.857. The van der Waals surface area contributed by atoms with Crippen LogP contribution in [0.1, 0.15) is 5.56 Å². The van der Waals surface area contributed by atoms with Gasteiger partial charge in [-0.15, -0.1) is 0 Å². The van der Waals surface area contributed by atoms with Gasteiger partial charge in [-0.05, 0) is 42.5 Å². The van der Waals surface area contributed by atoms with Gasteiger partial charge in [0.15, 0.2) is 16.6 Å². The maximum atomic E-state index is 12.9. The molecule has 1 aliphatic heterocycles. The fraction of sp³-hybridized carbons (Fsp3) is 0.304. The van der Waals surface area contributed by atoms with Gasteiger partial charge in [-0.1, -0.05) is 17.7 Å². The standard InChI is InChI=1S/C23H25ClN4O3S/c1-27(2)6-7-28(23(32)25-18-5-3-4-17(24)12-18)14-16-10-15-11-20-21(31-9-8-30-20)13-19(15)26-22(16)29/h3-5,10-13H,6-9,14H2,1-2H3,(H,25,32)(H,26,29)/p+1. The number of hydrogen-bond donors (Lipinski definition) is 3.